The van der Waals surface area contributed by atoms with E-state index in [2.05, 4.69) is 26.2 Å². The smallest absolute Gasteiger partial charge is 0.256 e. The van der Waals surface area contributed by atoms with E-state index in [0.29, 0.717) is 5.56 Å². The number of nitrogens with zero attached hydrogens (tertiary/aromatic N) is 1. The molecule has 1 amide bonds. The van der Waals surface area contributed by atoms with E-state index in [1.165, 1.54) is 0 Å². The Balaban J connectivity index is 2.20. The lowest BCUT2D eigenvalue weighted by atomic mass is 10.1. The SMILES string of the molecule is Cc1cnccc1C(=O)Nc1cccc(Br)c1. The molecular weight excluding hydrogens is 280 g/mol. The lowest BCUT2D eigenvalue weighted by Crippen LogP contribution is -2.13. The van der Waals surface area contributed by atoms with Gasteiger partial charge in [-0.15, -0.1) is 0 Å². The number of aryl methyl sites for hydroxylation is 1. The molecule has 1 aromatic carbocycles. The maximum absolute atomic E-state index is 12.0. The van der Waals surface area contributed by atoms with Gasteiger partial charge in [0.05, 0.1) is 0 Å². The monoisotopic (exact) mass is 290 g/mol. The number of nitrogens with one attached hydrogen (secondary N) is 1. The molecule has 0 fully saturated rings. The molecule has 1 heterocycles. The Kier molecular flexibility index (Phi) is 3.54. The highest BCUT2D eigenvalue weighted by atomic mass is 79.9. The highest BCUT2D eigenvalue weighted by Gasteiger charge is 2.08. The Hall–Kier alpha value is -1.68. The zero-order valence-electron chi connectivity index (χ0n) is 9.27. The molecule has 4 heteroatoms. The molecule has 0 radical (unpaired) electrons. The van der Waals surface area contributed by atoms with Crippen molar-refractivity contribution in [3.8, 4) is 0 Å². The second kappa shape index (κ2) is 5.10. The van der Waals surface area contributed by atoms with Gasteiger partial charge in [0.2, 0.25) is 0 Å². The van der Waals surface area contributed by atoms with Crippen molar-refractivity contribution in [3.63, 3.8) is 0 Å². The van der Waals surface area contributed by atoms with Gasteiger partial charge < -0.3 is 5.32 Å². The van der Waals surface area contributed by atoms with Crippen molar-refractivity contribution < 1.29 is 4.79 Å². The fourth-order valence-corrected chi connectivity index (χ4v) is 1.89. The largest absolute Gasteiger partial charge is 0.322 e. The van der Waals surface area contributed by atoms with E-state index in [0.717, 1.165) is 15.7 Å². The molecular formula is C13H11BrN2O. The quantitative estimate of drug-likeness (QED) is 0.921. The lowest BCUT2D eigenvalue weighted by Gasteiger charge is -2.07. The Morgan fingerprint density at radius 3 is 2.88 bits per heavy atom. The van der Waals surface area contributed by atoms with Crippen LogP contribution >= 0.6 is 15.9 Å². The van der Waals surface area contributed by atoms with E-state index in [1.54, 1.807) is 18.5 Å². The molecule has 3 nitrogen and oxygen atoms in total. The van der Waals surface area contributed by atoms with E-state index >= 15 is 0 Å². The van der Waals surface area contributed by atoms with Gasteiger partial charge in [-0.2, -0.15) is 0 Å². The first kappa shape index (κ1) is 11.8. The van der Waals surface area contributed by atoms with Crippen LogP contribution in [0.3, 0.4) is 0 Å². The third-order valence-electron chi connectivity index (χ3n) is 2.35. The summed E-state index contributed by atoms with van der Waals surface area (Å²) in [4.78, 5) is 16.0. The number of halogens is 1. The van der Waals surface area contributed by atoms with Crippen LogP contribution in [0.5, 0.6) is 0 Å². The maximum atomic E-state index is 12.0. The zero-order valence-corrected chi connectivity index (χ0v) is 10.9. The number of anilines is 1. The van der Waals surface area contributed by atoms with Gasteiger partial charge in [-0.25, -0.2) is 0 Å². The van der Waals surface area contributed by atoms with Gasteiger partial charge in [-0.3, -0.25) is 9.78 Å². The third kappa shape index (κ3) is 2.91. The minimum atomic E-state index is -0.122. The molecule has 1 N–H and O–H groups in total. The average Bonchev–Trinajstić information content (AvgIpc) is 2.29. The molecule has 17 heavy (non-hydrogen) atoms. The average molecular weight is 291 g/mol. The van der Waals surface area contributed by atoms with Crippen LogP contribution < -0.4 is 5.32 Å². The summed E-state index contributed by atoms with van der Waals surface area (Å²) in [6.45, 7) is 1.86. The topological polar surface area (TPSA) is 42.0 Å². The normalized spacial score (nSPS) is 10.0. The number of carbonyl (C=O) groups is 1. The number of aromatic nitrogens is 1. The fraction of sp³-hybridized carbons (Fsp3) is 0.0769. The number of hydrogen-bond acceptors (Lipinski definition) is 2. The summed E-state index contributed by atoms with van der Waals surface area (Å²) in [5.41, 5.74) is 2.26. The molecule has 2 aromatic rings. The Morgan fingerprint density at radius 1 is 1.35 bits per heavy atom. The molecule has 2 rings (SSSR count). The van der Waals surface area contributed by atoms with E-state index in [-0.39, 0.29) is 5.91 Å². The molecule has 1 aromatic heterocycles. The Morgan fingerprint density at radius 2 is 2.18 bits per heavy atom. The van der Waals surface area contributed by atoms with Crippen LogP contribution in [0, 0.1) is 6.92 Å². The molecule has 0 saturated heterocycles. The first-order valence-corrected chi connectivity index (χ1v) is 5.93. The molecule has 0 unspecified atom stereocenters. The van der Waals surface area contributed by atoms with Crippen molar-refractivity contribution in [2.45, 2.75) is 6.92 Å². The molecule has 0 aliphatic heterocycles. The van der Waals surface area contributed by atoms with Crippen molar-refractivity contribution in [1.29, 1.82) is 0 Å². The Bertz CT molecular complexity index is 555. The van der Waals surface area contributed by atoms with Crippen molar-refractivity contribution in [2.24, 2.45) is 0 Å². The van der Waals surface area contributed by atoms with E-state index in [9.17, 15) is 4.79 Å². The molecule has 0 aliphatic rings. The van der Waals surface area contributed by atoms with Gasteiger partial charge >= 0.3 is 0 Å². The fourth-order valence-electron chi connectivity index (χ4n) is 1.49. The van der Waals surface area contributed by atoms with Crippen molar-refractivity contribution in [1.82, 2.24) is 4.98 Å². The van der Waals surface area contributed by atoms with Gasteiger partial charge in [0, 0.05) is 28.1 Å². The van der Waals surface area contributed by atoms with Gasteiger partial charge in [0.1, 0.15) is 0 Å². The zero-order chi connectivity index (χ0) is 12.3. The van der Waals surface area contributed by atoms with E-state index < -0.39 is 0 Å². The summed E-state index contributed by atoms with van der Waals surface area (Å²) in [6, 6.07) is 9.20. The lowest BCUT2D eigenvalue weighted by molar-refractivity contribution is 0.102. The first-order chi connectivity index (χ1) is 8.16. The summed E-state index contributed by atoms with van der Waals surface area (Å²) in [7, 11) is 0. The van der Waals surface area contributed by atoms with Crippen LogP contribution in [0.4, 0.5) is 5.69 Å². The predicted molar refractivity (Wildman–Crippen MR) is 71.1 cm³/mol. The molecule has 0 saturated carbocycles. The van der Waals surface area contributed by atoms with Crippen LogP contribution in [0.15, 0.2) is 47.2 Å². The predicted octanol–water partition coefficient (Wildman–Crippen LogP) is 3.40. The van der Waals surface area contributed by atoms with Gasteiger partial charge in [-0.1, -0.05) is 22.0 Å². The van der Waals surface area contributed by atoms with Crippen molar-refractivity contribution in [3.05, 3.63) is 58.3 Å². The maximum Gasteiger partial charge on any atom is 0.256 e. The van der Waals surface area contributed by atoms with Crippen molar-refractivity contribution in [2.75, 3.05) is 5.32 Å². The standard InChI is InChI=1S/C13H11BrN2O/c1-9-8-15-6-5-12(9)13(17)16-11-4-2-3-10(14)7-11/h2-8H,1H3,(H,16,17). The highest BCUT2D eigenvalue weighted by molar-refractivity contribution is 9.10. The second-order valence-corrected chi connectivity index (χ2v) is 4.57. The summed E-state index contributed by atoms with van der Waals surface area (Å²) in [5.74, 6) is -0.122. The number of rotatable bonds is 2. The van der Waals surface area contributed by atoms with E-state index in [4.69, 9.17) is 0 Å². The van der Waals surface area contributed by atoms with Crippen LogP contribution in [0.1, 0.15) is 15.9 Å². The molecule has 0 spiro atoms. The minimum absolute atomic E-state index is 0.122. The Labute approximate surface area is 108 Å². The van der Waals surface area contributed by atoms with Gasteiger partial charge in [0.25, 0.3) is 5.91 Å². The van der Waals surface area contributed by atoms with Crippen LogP contribution in [-0.2, 0) is 0 Å². The van der Waals surface area contributed by atoms with Gasteiger partial charge in [0.15, 0.2) is 0 Å². The summed E-state index contributed by atoms with van der Waals surface area (Å²) >= 11 is 3.36. The van der Waals surface area contributed by atoms with E-state index in [1.807, 2.05) is 31.2 Å². The minimum Gasteiger partial charge on any atom is -0.322 e. The highest BCUT2D eigenvalue weighted by Crippen LogP contribution is 2.17. The number of pyridine rings is 1. The number of amides is 1. The summed E-state index contributed by atoms with van der Waals surface area (Å²) < 4.78 is 0.932. The van der Waals surface area contributed by atoms with Crippen LogP contribution in [0.25, 0.3) is 0 Å². The summed E-state index contributed by atoms with van der Waals surface area (Å²) in [5, 5.41) is 2.84. The van der Waals surface area contributed by atoms with Crippen LogP contribution in [-0.4, -0.2) is 10.9 Å². The number of hydrogen-bond donors (Lipinski definition) is 1. The summed E-state index contributed by atoms with van der Waals surface area (Å²) in [6.07, 6.45) is 3.29. The van der Waals surface area contributed by atoms with Crippen LogP contribution in [0.2, 0.25) is 0 Å². The number of benzene rings is 1. The third-order valence-corrected chi connectivity index (χ3v) is 2.84. The second-order valence-electron chi connectivity index (χ2n) is 3.66. The molecule has 0 bridgehead atoms. The first-order valence-electron chi connectivity index (χ1n) is 5.14. The molecule has 0 atom stereocenters. The van der Waals surface area contributed by atoms with Crippen molar-refractivity contribution >= 4 is 27.5 Å². The number of carbonyl (C=O) groups excluding carboxylic acids is 1. The molecule has 86 valence electrons. The van der Waals surface area contributed by atoms with Gasteiger partial charge in [-0.05, 0) is 36.8 Å². The molecule has 0 aliphatic carbocycles.